The number of nitrogens with one attached hydrogen (secondary N) is 2. The Morgan fingerprint density at radius 2 is 1.81 bits per heavy atom. The maximum absolute atomic E-state index is 12.3. The molecule has 0 saturated carbocycles. The maximum atomic E-state index is 12.3. The molecule has 2 N–H and O–H groups in total. The van der Waals surface area contributed by atoms with Crippen molar-refractivity contribution < 1.29 is 19.1 Å². The van der Waals surface area contributed by atoms with Crippen LogP contribution in [0.15, 0.2) is 42.5 Å². The van der Waals surface area contributed by atoms with E-state index in [-0.39, 0.29) is 18.4 Å². The van der Waals surface area contributed by atoms with Gasteiger partial charge in [-0.3, -0.25) is 9.59 Å². The Bertz CT molecular complexity index is 790. The summed E-state index contributed by atoms with van der Waals surface area (Å²) in [6.45, 7) is 4.96. The zero-order chi connectivity index (χ0) is 19.6. The lowest BCUT2D eigenvalue weighted by atomic mass is 10.1. The van der Waals surface area contributed by atoms with Crippen molar-refractivity contribution in [2.45, 2.75) is 20.3 Å². The van der Waals surface area contributed by atoms with Gasteiger partial charge in [0.2, 0.25) is 0 Å². The summed E-state index contributed by atoms with van der Waals surface area (Å²) in [7, 11) is 1.62. The third-order valence-corrected chi connectivity index (χ3v) is 4.10. The van der Waals surface area contributed by atoms with E-state index in [1.54, 1.807) is 31.4 Å². The van der Waals surface area contributed by atoms with Gasteiger partial charge in [0.1, 0.15) is 5.75 Å². The molecule has 0 aliphatic rings. The standard InChI is InChI=1S/C21H26N2O4/c1-15-9-10-17(13-16(15)2)27-14-20(24)23-19-8-5-4-7-18(19)21(25)22-11-6-12-26-3/h4-5,7-10,13H,6,11-12,14H2,1-3H3,(H,22,25)(H,23,24). The molecule has 0 fully saturated rings. The zero-order valence-electron chi connectivity index (χ0n) is 16.0. The van der Waals surface area contributed by atoms with E-state index in [1.165, 1.54) is 0 Å². The number of benzene rings is 2. The van der Waals surface area contributed by atoms with Crippen LogP contribution in [-0.2, 0) is 9.53 Å². The Morgan fingerprint density at radius 1 is 1.04 bits per heavy atom. The first kappa shape index (κ1) is 20.5. The van der Waals surface area contributed by atoms with Crippen LogP contribution in [-0.4, -0.2) is 38.7 Å². The second kappa shape index (κ2) is 10.3. The third kappa shape index (κ3) is 6.42. The van der Waals surface area contributed by atoms with Gasteiger partial charge in [0.05, 0.1) is 11.3 Å². The van der Waals surface area contributed by atoms with E-state index in [1.807, 2.05) is 32.0 Å². The SMILES string of the molecule is COCCCNC(=O)c1ccccc1NC(=O)COc1ccc(C)c(C)c1. The molecule has 2 aromatic rings. The average molecular weight is 370 g/mol. The normalized spacial score (nSPS) is 10.3. The molecular formula is C21H26N2O4. The molecule has 0 aliphatic carbocycles. The summed E-state index contributed by atoms with van der Waals surface area (Å²) < 4.78 is 10.5. The van der Waals surface area contributed by atoms with Crippen LogP contribution < -0.4 is 15.4 Å². The van der Waals surface area contributed by atoms with Gasteiger partial charge in [-0.05, 0) is 55.7 Å². The molecule has 2 amide bonds. The Labute approximate surface area is 159 Å². The first-order valence-electron chi connectivity index (χ1n) is 8.87. The van der Waals surface area contributed by atoms with Gasteiger partial charge in [0, 0.05) is 20.3 Å². The summed E-state index contributed by atoms with van der Waals surface area (Å²) in [5.74, 6) is 0.0716. The van der Waals surface area contributed by atoms with E-state index in [0.29, 0.717) is 30.2 Å². The van der Waals surface area contributed by atoms with Crippen molar-refractivity contribution in [1.82, 2.24) is 5.32 Å². The number of anilines is 1. The van der Waals surface area contributed by atoms with Gasteiger partial charge >= 0.3 is 0 Å². The minimum Gasteiger partial charge on any atom is -0.484 e. The molecule has 0 unspecified atom stereocenters. The van der Waals surface area contributed by atoms with Crippen LogP contribution in [0.25, 0.3) is 0 Å². The van der Waals surface area contributed by atoms with Crippen molar-refractivity contribution >= 4 is 17.5 Å². The molecule has 0 radical (unpaired) electrons. The molecule has 27 heavy (non-hydrogen) atoms. The van der Waals surface area contributed by atoms with Gasteiger partial charge in [-0.2, -0.15) is 0 Å². The molecule has 2 rings (SSSR count). The number of carbonyl (C=O) groups is 2. The van der Waals surface area contributed by atoms with E-state index < -0.39 is 0 Å². The van der Waals surface area contributed by atoms with Crippen molar-refractivity contribution in [3.8, 4) is 5.75 Å². The summed E-state index contributed by atoms with van der Waals surface area (Å²) >= 11 is 0. The summed E-state index contributed by atoms with van der Waals surface area (Å²) in [6, 6.07) is 12.6. The van der Waals surface area contributed by atoms with Gasteiger partial charge in [0.25, 0.3) is 11.8 Å². The number of amides is 2. The van der Waals surface area contributed by atoms with Crippen molar-refractivity contribution in [2.24, 2.45) is 0 Å². The number of hydrogen-bond acceptors (Lipinski definition) is 4. The molecule has 0 atom stereocenters. The minimum absolute atomic E-state index is 0.133. The van der Waals surface area contributed by atoms with Crippen molar-refractivity contribution in [2.75, 3.05) is 32.2 Å². The lowest BCUT2D eigenvalue weighted by Gasteiger charge is -2.12. The highest BCUT2D eigenvalue weighted by Crippen LogP contribution is 2.17. The van der Waals surface area contributed by atoms with E-state index in [4.69, 9.17) is 9.47 Å². The summed E-state index contributed by atoms with van der Waals surface area (Å²) in [5, 5.41) is 5.56. The Hall–Kier alpha value is -2.86. The molecule has 0 saturated heterocycles. The molecule has 144 valence electrons. The number of methoxy groups -OCH3 is 1. The minimum atomic E-state index is -0.326. The Kier molecular flexibility index (Phi) is 7.82. The summed E-state index contributed by atoms with van der Waals surface area (Å²) in [5.41, 5.74) is 3.13. The van der Waals surface area contributed by atoms with Crippen LogP contribution in [0.2, 0.25) is 0 Å². The quantitative estimate of drug-likeness (QED) is 0.665. The van der Waals surface area contributed by atoms with Gasteiger partial charge in [-0.15, -0.1) is 0 Å². The van der Waals surface area contributed by atoms with Crippen LogP contribution >= 0.6 is 0 Å². The van der Waals surface area contributed by atoms with Crippen LogP contribution in [0.3, 0.4) is 0 Å². The fourth-order valence-electron chi connectivity index (χ4n) is 2.44. The highest BCUT2D eigenvalue weighted by Gasteiger charge is 2.13. The second-order valence-electron chi connectivity index (χ2n) is 6.23. The maximum Gasteiger partial charge on any atom is 0.262 e. The van der Waals surface area contributed by atoms with Crippen LogP contribution in [0.1, 0.15) is 27.9 Å². The topological polar surface area (TPSA) is 76.7 Å². The van der Waals surface area contributed by atoms with Gasteiger partial charge in [-0.1, -0.05) is 18.2 Å². The number of rotatable bonds is 9. The molecule has 6 heteroatoms. The van der Waals surface area contributed by atoms with Crippen LogP contribution in [0, 0.1) is 13.8 Å². The number of ether oxygens (including phenoxy) is 2. The van der Waals surface area contributed by atoms with Gasteiger partial charge in [0.15, 0.2) is 6.61 Å². The Morgan fingerprint density at radius 3 is 2.56 bits per heavy atom. The largest absolute Gasteiger partial charge is 0.484 e. The first-order valence-corrected chi connectivity index (χ1v) is 8.87. The second-order valence-corrected chi connectivity index (χ2v) is 6.23. The lowest BCUT2D eigenvalue weighted by Crippen LogP contribution is -2.27. The molecule has 0 aliphatic heterocycles. The highest BCUT2D eigenvalue weighted by molar-refractivity contribution is 6.04. The molecular weight excluding hydrogens is 344 g/mol. The first-order chi connectivity index (χ1) is 13.0. The molecule has 0 heterocycles. The van der Waals surface area contributed by atoms with E-state index >= 15 is 0 Å². The number of para-hydroxylation sites is 1. The predicted octanol–water partition coefficient (Wildman–Crippen LogP) is 3.09. The fourth-order valence-corrected chi connectivity index (χ4v) is 2.44. The molecule has 6 nitrogen and oxygen atoms in total. The van der Waals surface area contributed by atoms with E-state index in [0.717, 1.165) is 17.5 Å². The number of hydrogen-bond donors (Lipinski definition) is 2. The smallest absolute Gasteiger partial charge is 0.262 e. The number of carbonyl (C=O) groups excluding carboxylic acids is 2. The predicted molar refractivity (Wildman–Crippen MR) is 105 cm³/mol. The van der Waals surface area contributed by atoms with Crippen molar-refractivity contribution in [1.29, 1.82) is 0 Å². The van der Waals surface area contributed by atoms with Crippen molar-refractivity contribution in [3.63, 3.8) is 0 Å². The molecule has 0 spiro atoms. The molecule has 0 aromatic heterocycles. The summed E-state index contributed by atoms with van der Waals surface area (Å²) in [4.78, 5) is 24.6. The van der Waals surface area contributed by atoms with Crippen molar-refractivity contribution in [3.05, 3.63) is 59.2 Å². The monoisotopic (exact) mass is 370 g/mol. The molecule has 0 bridgehead atoms. The Balaban J connectivity index is 1.93. The van der Waals surface area contributed by atoms with Crippen LogP contribution in [0.4, 0.5) is 5.69 Å². The zero-order valence-corrected chi connectivity index (χ0v) is 16.0. The third-order valence-electron chi connectivity index (χ3n) is 4.10. The van der Waals surface area contributed by atoms with E-state index in [2.05, 4.69) is 10.6 Å². The van der Waals surface area contributed by atoms with Gasteiger partial charge < -0.3 is 20.1 Å². The lowest BCUT2D eigenvalue weighted by molar-refractivity contribution is -0.118. The molecule has 2 aromatic carbocycles. The van der Waals surface area contributed by atoms with Crippen LogP contribution in [0.5, 0.6) is 5.75 Å². The summed E-state index contributed by atoms with van der Waals surface area (Å²) in [6.07, 6.45) is 0.723. The average Bonchev–Trinajstić information content (AvgIpc) is 2.66. The fraction of sp³-hybridized carbons (Fsp3) is 0.333. The highest BCUT2D eigenvalue weighted by atomic mass is 16.5. The van der Waals surface area contributed by atoms with Gasteiger partial charge in [-0.25, -0.2) is 0 Å². The number of aryl methyl sites for hydroxylation is 2. The van der Waals surface area contributed by atoms with E-state index in [9.17, 15) is 9.59 Å².